The van der Waals surface area contributed by atoms with Crippen molar-refractivity contribution in [2.75, 3.05) is 6.61 Å². The molecule has 5 atom stereocenters. The third kappa shape index (κ3) is 5.55. The lowest BCUT2D eigenvalue weighted by molar-refractivity contribution is -0.274. The highest BCUT2D eigenvalue weighted by Gasteiger charge is 2.64. The number of benzene rings is 2. The second-order valence-corrected chi connectivity index (χ2v) is 16.3. The van der Waals surface area contributed by atoms with Gasteiger partial charge in [-0.3, -0.25) is 0 Å². The molecule has 2 aliphatic rings. The van der Waals surface area contributed by atoms with Crippen molar-refractivity contribution in [1.82, 2.24) is 0 Å². The summed E-state index contributed by atoms with van der Waals surface area (Å²) in [6.07, 6.45) is -4.36. The summed E-state index contributed by atoms with van der Waals surface area (Å²) in [4.78, 5) is 0. The first kappa shape index (κ1) is 26.4. The minimum atomic E-state index is -2.96. The van der Waals surface area contributed by atoms with Crippen molar-refractivity contribution in [3.63, 3.8) is 0 Å². The van der Waals surface area contributed by atoms with Gasteiger partial charge in [0.05, 0.1) is 19.8 Å². The quantitative estimate of drug-likeness (QED) is 0.433. The molecular formula is C28H39FO5Si. The molecule has 2 aromatic carbocycles. The number of rotatable bonds is 6. The normalized spacial score (nSPS) is 28.9. The SMILES string of the molecule is CC(C)(C)[Si]1(C(C)(C)C)OC[C@H]2O[C@H](F)[C@@H](OCc3ccccc3)[C@@H](O1)[C@@H]2OCc1ccccc1. The van der Waals surface area contributed by atoms with Crippen LogP contribution in [0.4, 0.5) is 4.39 Å². The average Bonchev–Trinajstić information content (AvgIpc) is 2.92. The number of fused-ring (bicyclic) bond motifs is 2. The Morgan fingerprint density at radius 2 is 1.29 bits per heavy atom. The summed E-state index contributed by atoms with van der Waals surface area (Å²) in [5, 5.41) is -0.551. The van der Waals surface area contributed by atoms with E-state index in [9.17, 15) is 0 Å². The molecule has 7 heteroatoms. The monoisotopic (exact) mass is 502 g/mol. The maximum atomic E-state index is 15.5. The summed E-state index contributed by atoms with van der Waals surface area (Å²) in [7, 11) is -2.96. The van der Waals surface area contributed by atoms with Crippen LogP contribution in [0.2, 0.25) is 10.1 Å². The van der Waals surface area contributed by atoms with E-state index in [1.165, 1.54) is 0 Å². The first-order valence-corrected chi connectivity index (χ1v) is 14.3. The molecular weight excluding hydrogens is 463 g/mol. The van der Waals surface area contributed by atoms with Gasteiger partial charge in [-0.05, 0) is 11.1 Å². The molecule has 35 heavy (non-hydrogen) atoms. The largest absolute Gasteiger partial charge is 0.391 e. The van der Waals surface area contributed by atoms with Gasteiger partial charge in [0.25, 0.3) is 0 Å². The van der Waals surface area contributed by atoms with Gasteiger partial charge in [0.1, 0.15) is 24.4 Å². The van der Waals surface area contributed by atoms with Crippen LogP contribution < -0.4 is 0 Å². The molecule has 0 aromatic heterocycles. The van der Waals surface area contributed by atoms with E-state index in [0.29, 0.717) is 6.61 Å². The standard InChI is InChI=1S/C28H39FO5Si/c1-27(2,3)35(28(4,5)6)32-19-22-23(30-17-20-13-9-7-10-14-20)24(34-35)25(26(29)33-22)31-18-21-15-11-8-12-16-21/h7-16,22-26H,17-19H2,1-6H3/t22-,23-,24+,25+,26+/m1/s1. The van der Waals surface area contributed by atoms with Crippen molar-refractivity contribution < 1.29 is 27.5 Å². The van der Waals surface area contributed by atoms with E-state index in [1.807, 2.05) is 60.7 Å². The molecule has 0 unspecified atom stereocenters. The predicted molar refractivity (Wildman–Crippen MR) is 136 cm³/mol. The average molecular weight is 503 g/mol. The van der Waals surface area contributed by atoms with Gasteiger partial charge in [0.2, 0.25) is 6.36 Å². The summed E-state index contributed by atoms with van der Waals surface area (Å²) < 4.78 is 47.6. The Labute approximate surface area is 210 Å². The van der Waals surface area contributed by atoms with Crippen molar-refractivity contribution in [3.8, 4) is 0 Å². The van der Waals surface area contributed by atoms with Crippen LogP contribution in [0.15, 0.2) is 60.7 Å². The molecule has 0 saturated carbocycles. The number of alkyl halides is 1. The Morgan fingerprint density at radius 3 is 1.77 bits per heavy atom. The number of hydrogen-bond donors (Lipinski definition) is 0. The molecule has 2 bridgehead atoms. The van der Waals surface area contributed by atoms with Gasteiger partial charge in [0.15, 0.2) is 0 Å². The number of halogens is 1. The highest BCUT2D eigenvalue weighted by Crippen LogP contribution is 2.55. The molecule has 4 rings (SSSR count). The molecule has 2 heterocycles. The van der Waals surface area contributed by atoms with Crippen LogP contribution >= 0.6 is 0 Å². The predicted octanol–water partition coefficient (Wildman–Crippen LogP) is 6.31. The topological polar surface area (TPSA) is 46.2 Å². The Balaban J connectivity index is 1.67. The van der Waals surface area contributed by atoms with E-state index in [2.05, 4.69) is 41.5 Å². The highest BCUT2D eigenvalue weighted by atomic mass is 28.4. The van der Waals surface area contributed by atoms with Gasteiger partial charge < -0.3 is 23.1 Å². The third-order valence-corrected chi connectivity index (χ3v) is 12.0. The van der Waals surface area contributed by atoms with Crippen LogP contribution in [-0.4, -0.2) is 45.9 Å². The van der Waals surface area contributed by atoms with Gasteiger partial charge in [0, 0.05) is 10.1 Å². The van der Waals surface area contributed by atoms with Crippen molar-refractivity contribution in [2.24, 2.45) is 0 Å². The lowest BCUT2D eigenvalue weighted by atomic mass is 9.99. The molecule has 0 spiro atoms. The molecule has 2 saturated heterocycles. The summed E-state index contributed by atoms with van der Waals surface area (Å²) in [5.41, 5.74) is 1.99. The highest BCUT2D eigenvalue weighted by molar-refractivity contribution is 6.73. The van der Waals surface area contributed by atoms with Crippen molar-refractivity contribution in [2.45, 2.75) is 95.6 Å². The fourth-order valence-electron chi connectivity index (χ4n) is 5.38. The zero-order valence-corrected chi connectivity index (χ0v) is 22.7. The molecule has 2 fully saturated rings. The van der Waals surface area contributed by atoms with Crippen molar-refractivity contribution >= 4 is 8.56 Å². The van der Waals surface area contributed by atoms with Gasteiger partial charge in [-0.25, -0.2) is 4.39 Å². The van der Waals surface area contributed by atoms with Crippen molar-refractivity contribution in [1.29, 1.82) is 0 Å². The van der Waals surface area contributed by atoms with Crippen LogP contribution in [0.25, 0.3) is 0 Å². The number of hydrogen-bond acceptors (Lipinski definition) is 5. The van der Waals surface area contributed by atoms with E-state index in [4.69, 9.17) is 23.1 Å². The molecule has 2 aromatic rings. The zero-order valence-electron chi connectivity index (χ0n) is 21.7. The summed E-state index contributed by atoms with van der Waals surface area (Å²) >= 11 is 0. The second kappa shape index (κ2) is 10.4. The molecule has 192 valence electrons. The Bertz CT molecular complexity index is 929. The second-order valence-electron chi connectivity index (χ2n) is 11.6. The molecule has 0 N–H and O–H groups in total. The minimum Gasteiger partial charge on any atom is -0.391 e. The smallest absolute Gasteiger partial charge is 0.349 e. The summed E-state index contributed by atoms with van der Waals surface area (Å²) in [6, 6.07) is 19.7. The first-order chi connectivity index (χ1) is 16.5. The lowest BCUT2D eigenvalue weighted by Crippen LogP contribution is -2.63. The molecule has 2 aliphatic heterocycles. The van der Waals surface area contributed by atoms with Crippen LogP contribution in [0.5, 0.6) is 0 Å². The summed E-state index contributed by atoms with van der Waals surface area (Å²) in [5.74, 6) is 0. The van der Waals surface area contributed by atoms with Gasteiger partial charge >= 0.3 is 8.56 Å². The Kier molecular flexibility index (Phi) is 7.86. The maximum Gasteiger partial charge on any atom is 0.349 e. The van der Waals surface area contributed by atoms with Crippen LogP contribution in [0.3, 0.4) is 0 Å². The Morgan fingerprint density at radius 1 is 0.800 bits per heavy atom. The van der Waals surface area contributed by atoms with E-state index in [0.717, 1.165) is 11.1 Å². The molecule has 0 radical (unpaired) electrons. The van der Waals surface area contributed by atoms with Gasteiger partial charge in [-0.1, -0.05) is 102 Å². The molecule has 0 amide bonds. The van der Waals surface area contributed by atoms with Crippen LogP contribution in [0.1, 0.15) is 52.7 Å². The lowest BCUT2D eigenvalue weighted by Gasteiger charge is -2.50. The van der Waals surface area contributed by atoms with E-state index >= 15 is 4.39 Å². The zero-order chi connectivity index (χ0) is 25.3. The maximum absolute atomic E-state index is 15.5. The van der Waals surface area contributed by atoms with E-state index < -0.39 is 39.3 Å². The van der Waals surface area contributed by atoms with E-state index in [-0.39, 0.29) is 23.3 Å². The molecule has 5 nitrogen and oxygen atoms in total. The van der Waals surface area contributed by atoms with E-state index in [1.54, 1.807) is 0 Å². The van der Waals surface area contributed by atoms with Gasteiger partial charge in [-0.2, -0.15) is 0 Å². The fourth-order valence-corrected chi connectivity index (χ4v) is 10.3. The fraction of sp³-hybridized carbons (Fsp3) is 0.571. The van der Waals surface area contributed by atoms with Gasteiger partial charge in [-0.15, -0.1) is 0 Å². The first-order valence-electron chi connectivity index (χ1n) is 12.4. The Hall–Kier alpha value is -1.61. The van der Waals surface area contributed by atoms with Crippen LogP contribution in [0, 0.1) is 0 Å². The minimum absolute atomic E-state index is 0.225. The molecule has 0 aliphatic carbocycles. The van der Waals surface area contributed by atoms with Crippen LogP contribution in [-0.2, 0) is 36.3 Å². The number of ether oxygens (including phenoxy) is 3. The van der Waals surface area contributed by atoms with Crippen molar-refractivity contribution in [3.05, 3.63) is 71.8 Å². The summed E-state index contributed by atoms with van der Waals surface area (Å²) in [6.45, 7) is 13.7. The third-order valence-electron chi connectivity index (χ3n) is 6.88.